The molecule has 2 heterocycles. The molecule has 6 nitrogen and oxygen atoms in total. The fraction of sp³-hybridized carbons (Fsp3) is 0.435. The van der Waals surface area contributed by atoms with Crippen molar-refractivity contribution in [2.45, 2.75) is 43.8 Å². The highest BCUT2D eigenvalue weighted by atomic mass is 32.2. The molecule has 0 saturated carbocycles. The van der Waals surface area contributed by atoms with Gasteiger partial charge in [-0.05, 0) is 57.5 Å². The van der Waals surface area contributed by atoms with Crippen molar-refractivity contribution in [3.8, 4) is 0 Å². The van der Waals surface area contributed by atoms with E-state index in [-0.39, 0.29) is 23.4 Å². The van der Waals surface area contributed by atoms with Crippen LogP contribution in [-0.2, 0) is 14.8 Å². The van der Waals surface area contributed by atoms with Gasteiger partial charge >= 0.3 is 0 Å². The summed E-state index contributed by atoms with van der Waals surface area (Å²) < 4.78 is 28.6. The molecule has 2 aliphatic heterocycles. The van der Waals surface area contributed by atoms with Crippen LogP contribution in [0.2, 0.25) is 0 Å². The van der Waals surface area contributed by atoms with E-state index in [0.717, 1.165) is 37.1 Å². The number of hydrogen-bond donors (Lipinski definition) is 0. The molecule has 1 amide bonds. The Morgan fingerprint density at radius 2 is 1.63 bits per heavy atom. The van der Waals surface area contributed by atoms with Crippen LogP contribution in [0.1, 0.15) is 37.1 Å². The summed E-state index contributed by atoms with van der Waals surface area (Å²) in [6, 6.07) is 16.2. The van der Waals surface area contributed by atoms with Crippen LogP contribution in [0.4, 0.5) is 0 Å². The van der Waals surface area contributed by atoms with Gasteiger partial charge in [0.05, 0.1) is 11.4 Å². The normalized spacial score (nSPS) is 23.2. The van der Waals surface area contributed by atoms with Gasteiger partial charge in [-0.25, -0.2) is 8.42 Å². The number of carbonyl (C=O) groups excluding carboxylic acids is 1. The minimum atomic E-state index is -3.75. The van der Waals surface area contributed by atoms with Crippen molar-refractivity contribution in [2.24, 2.45) is 0 Å². The van der Waals surface area contributed by atoms with Crippen molar-refractivity contribution in [1.29, 1.82) is 0 Å². The maximum atomic E-state index is 13.6. The standard InChI is InChI=1S/C23H29N3O3S/c1-18-10-12-21(13-11-18)30(28,29)25-16-19(2)26(22(27)17-24-14-6-7-15-24)23(25)20-8-4-3-5-9-20/h3-5,8-13,19,23H,6-7,14-17H2,1-2H3/t19-,23-/m1/s1. The fourth-order valence-electron chi connectivity index (χ4n) is 4.45. The molecular formula is C23H29N3O3S. The van der Waals surface area contributed by atoms with E-state index in [2.05, 4.69) is 4.90 Å². The first-order valence-electron chi connectivity index (χ1n) is 10.5. The zero-order valence-electron chi connectivity index (χ0n) is 17.6. The van der Waals surface area contributed by atoms with Crippen molar-refractivity contribution in [1.82, 2.24) is 14.1 Å². The number of hydrogen-bond acceptors (Lipinski definition) is 4. The summed E-state index contributed by atoms with van der Waals surface area (Å²) in [5.41, 5.74) is 1.82. The number of aryl methyl sites for hydroxylation is 1. The topological polar surface area (TPSA) is 60.9 Å². The Kier molecular flexibility index (Phi) is 5.95. The lowest BCUT2D eigenvalue weighted by atomic mass is 10.1. The molecule has 0 radical (unpaired) electrons. The molecule has 2 aromatic rings. The summed E-state index contributed by atoms with van der Waals surface area (Å²) in [6.45, 7) is 6.33. The van der Waals surface area contributed by atoms with E-state index < -0.39 is 16.2 Å². The minimum absolute atomic E-state index is 0.0140. The molecular weight excluding hydrogens is 398 g/mol. The molecule has 0 N–H and O–H groups in total. The van der Waals surface area contributed by atoms with E-state index in [0.29, 0.717) is 6.54 Å². The summed E-state index contributed by atoms with van der Waals surface area (Å²) in [7, 11) is -3.75. The zero-order chi connectivity index (χ0) is 21.3. The Bertz CT molecular complexity index is 986. The number of carbonyl (C=O) groups is 1. The lowest BCUT2D eigenvalue weighted by Crippen LogP contribution is -2.44. The van der Waals surface area contributed by atoms with E-state index in [4.69, 9.17) is 0 Å². The van der Waals surface area contributed by atoms with Crippen LogP contribution in [0.5, 0.6) is 0 Å². The number of amides is 1. The third-order valence-electron chi connectivity index (χ3n) is 6.03. The number of sulfonamides is 1. The maximum absolute atomic E-state index is 13.6. The lowest BCUT2D eigenvalue weighted by Gasteiger charge is -2.32. The number of benzene rings is 2. The predicted octanol–water partition coefficient (Wildman–Crippen LogP) is 3.01. The molecule has 160 valence electrons. The Balaban J connectivity index is 1.71. The van der Waals surface area contributed by atoms with E-state index >= 15 is 0 Å². The molecule has 4 rings (SSSR count). The van der Waals surface area contributed by atoms with E-state index in [1.54, 1.807) is 29.2 Å². The number of likely N-dealkylation sites (tertiary alicyclic amines) is 1. The molecule has 7 heteroatoms. The smallest absolute Gasteiger partial charge is 0.245 e. The van der Waals surface area contributed by atoms with E-state index in [9.17, 15) is 13.2 Å². The number of rotatable bonds is 5. The molecule has 0 spiro atoms. The molecule has 30 heavy (non-hydrogen) atoms. The van der Waals surface area contributed by atoms with Gasteiger partial charge in [0.2, 0.25) is 15.9 Å². The third kappa shape index (κ3) is 4.02. The zero-order valence-corrected chi connectivity index (χ0v) is 18.4. The fourth-order valence-corrected chi connectivity index (χ4v) is 6.10. The van der Waals surface area contributed by atoms with Gasteiger partial charge in [-0.3, -0.25) is 9.69 Å². The highest BCUT2D eigenvalue weighted by Crippen LogP contribution is 2.38. The summed E-state index contributed by atoms with van der Waals surface area (Å²) >= 11 is 0. The quantitative estimate of drug-likeness (QED) is 0.736. The average Bonchev–Trinajstić information content (AvgIpc) is 3.36. The molecule has 0 aliphatic carbocycles. The first-order chi connectivity index (χ1) is 14.4. The van der Waals surface area contributed by atoms with Crippen LogP contribution in [0.25, 0.3) is 0 Å². The van der Waals surface area contributed by atoms with Crippen LogP contribution in [0.15, 0.2) is 59.5 Å². The summed E-state index contributed by atoms with van der Waals surface area (Å²) in [5, 5.41) is 0. The maximum Gasteiger partial charge on any atom is 0.245 e. The van der Waals surface area contributed by atoms with Gasteiger partial charge in [0, 0.05) is 12.6 Å². The molecule has 2 atom stereocenters. The van der Waals surface area contributed by atoms with Crippen LogP contribution >= 0.6 is 0 Å². The lowest BCUT2D eigenvalue weighted by molar-refractivity contribution is -0.135. The average molecular weight is 428 g/mol. The SMILES string of the molecule is Cc1ccc(S(=O)(=O)N2C[C@@H](C)N(C(=O)CN3CCCC3)[C@@H]2c2ccccc2)cc1. The Morgan fingerprint density at radius 1 is 1.00 bits per heavy atom. The minimum Gasteiger partial charge on any atom is -0.317 e. The van der Waals surface area contributed by atoms with Gasteiger partial charge in [-0.2, -0.15) is 4.31 Å². The summed E-state index contributed by atoms with van der Waals surface area (Å²) in [5.74, 6) is -0.0140. The van der Waals surface area contributed by atoms with Crippen molar-refractivity contribution in [2.75, 3.05) is 26.2 Å². The van der Waals surface area contributed by atoms with Gasteiger partial charge in [0.25, 0.3) is 0 Å². The highest BCUT2D eigenvalue weighted by molar-refractivity contribution is 7.89. The van der Waals surface area contributed by atoms with E-state index in [1.165, 1.54) is 4.31 Å². The van der Waals surface area contributed by atoms with Crippen LogP contribution < -0.4 is 0 Å². The van der Waals surface area contributed by atoms with Crippen molar-refractivity contribution in [3.05, 3.63) is 65.7 Å². The Labute approximate surface area is 179 Å². The molecule has 0 unspecified atom stereocenters. The van der Waals surface area contributed by atoms with Crippen LogP contribution in [0, 0.1) is 6.92 Å². The van der Waals surface area contributed by atoms with Gasteiger partial charge in [-0.15, -0.1) is 0 Å². The van der Waals surface area contributed by atoms with E-state index in [1.807, 2.05) is 44.2 Å². The third-order valence-corrected chi connectivity index (χ3v) is 7.86. The summed E-state index contributed by atoms with van der Waals surface area (Å²) in [4.78, 5) is 17.5. The van der Waals surface area contributed by atoms with Gasteiger partial charge < -0.3 is 4.90 Å². The number of nitrogens with zero attached hydrogens (tertiary/aromatic N) is 3. The molecule has 2 fully saturated rings. The second-order valence-corrected chi connectivity index (χ2v) is 10.2. The first kappa shape index (κ1) is 21.0. The molecule has 2 aliphatic rings. The highest BCUT2D eigenvalue weighted by Gasteiger charge is 2.47. The molecule has 2 saturated heterocycles. The largest absolute Gasteiger partial charge is 0.317 e. The second kappa shape index (κ2) is 8.49. The summed E-state index contributed by atoms with van der Waals surface area (Å²) in [6.07, 6.45) is 1.58. The first-order valence-corrected chi connectivity index (χ1v) is 12.0. The predicted molar refractivity (Wildman–Crippen MR) is 116 cm³/mol. The Morgan fingerprint density at radius 3 is 2.27 bits per heavy atom. The van der Waals surface area contributed by atoms with Gasteiger partial charge in [0.15, 0.2) is 0 Å². The van der Waals surface area contributed by atoms with Gasteiger partial charge in [0.1, 0.15) is 6.17 Å². The second-order valence-electron chi connectivity index (χ2n) is 8.31. The van der Waals surface area contributed by atoms with Crippen LogP contribution in [-0.4, -0.2) is 60.7 Å². The van der Waals surface area contributed by atoms with Crippen molar-refractivity contribution in [3.63, 3.8) is 0 Å². The van der Waals surface area contributed by atoms with Crippen molar-refractivity contribution >= 4 is 15.9 Å². The monoisotopic (exact) mass is 427 g/mol. The Hall–Kier alpha value is -2.22. The molecule has 0 bridgehead atoms. The van der Waals surface area contributed by atoms with Crippen molar-refractivity contribution < 1.29 is 13.2 Å². The van der Waals surface area contributed by atoms with Crippen LogP contribution in [0.3, 0.4) is 0 Å². The molecule has 0 aromatic heterocycles. The van der Waals surface area contributed by atoms with Gasteiger partial charge in [-0.1, -0.05) is 48.0 Å². The molecule has 2 aromatic carbocycles.